The Bertz CT molecular complexity index is 755. The van der Waals surface area contributed by atoms with E-state index in [1.807, 2.05) is 6.07 Å². The van der Waals surface area contributed by atoms with Gasteiger partial charge in [0, 0.05) is 26.1 Å². The fraction of sp³-hybridized carbons (Fsp3) is 0.438. The molecule has 4 heterocycles. The van der Waals surface area contributed by atoms with Gasteiger partial charge in [-0.3, -0.25) is 4.79 Å². The van der Waals surface area contributed by atoms with Crippen molar-refractivity contribution in [3.05, 3.63) is 28.7 Å². The molecular weight excluding hydrogens is 315 g/mol. The van der Waals surface area contributed by atoms with Gasteiger partial charge < -0.3 is 10.2 Å². The first-order valence-electron chi connectivity index (χ1n) is 7.92. The average molecular weight is 332 g/mol. The van der Waals surface area contributed by atoms with E-state index in [1.54, 1.807) is 6.07 Å². The molecule has 2 aliphatic heterocycles. The molecule has 1 fully saturated rings. The molecule has 2 aromatic heterocycles. The van der Waals surface area contributed by atoms with Crippen LogP contribution in [0.3, 0.4) is 0 Å². The Morgan fingerprint density at radius 2 is 2.00 bits per heavy atom. The second kappa shape index (κ2) is 5.88. The van der Waals surface area contributed by atoms with Crippen LogP contribution in [0.4, 0.5) is 10.2 Å². The van der Waals surface area contributed by atoms with Crippen molar-refractivity contribution in [1.82, 2.24) is 15.3 Å². The lowest BCUT2D eigenvalue weighted by atomic mass is 10.1. The number of anilines is 1. The van der Waals surface area contributed by atoms with Crippen molar-refractivity contribution in [2.45, 2.75) is 25.7 Å². The van der Waals surface area contributed by atoms with Gasteiger partial charge >= 0.3 is 0 Å². The zero-order valence-electron chi connectivity index (χ0n) is 12.6. The highest BCUT2D eigenvalue weighted by Crippen LogP contribution is 2.32. The molecule has 0 bridgehead atoms. The smallest absolute Gasteiger partial charge is 0.263 e. The zero-order valence-corrected chi connectivity index (χ0v) is 13.5. The quantitative estimate of drug-likeness (QED) is 0.859. The second-order valence-electron chi connectivity index (χ2n) is 5.86. The van der Waals surface area contributed by atoms with Crippen LogP contribution < -0.4 is 10.2 Å². The van der Waals surface area contributed by atoms with Crippen molar-refractivity contribution >= 4 is 23.1 Å². The maximum absolute atomic E-state index is 14.5. The van der Waals surface area contributed by atoms with Crippen LogP contribution in [0.5, 0.6) is 0 Å². The van der Waals surface area contributed by atoms with Gasteiger partial charge in [0.25, 0.3) is 5.91 Å². The minimum absolute atomic E-state index is 0.117. The molecule has 1 saturated heterocycles. The lowest BCUT2D eigenvalue weighted by molar-refractivity contribution is 0.0950. The summed E-state index contributed by atoms with van der Waals surface area (Å²) in [7, 11) is 0. The molecule has 4 rings (SSSR count). The van der Waals surface area contributed by atoms with Crippen LogP contribution in [-0.4, -0.2) is 35.5 Å². The van der Waals surface area contributed by atoms with Crippen LogP contribution in [0.25, 0.3) is 10.6 Å². The molecule has 0 radical (unpaired) electrons. The maximum Gasteiger partial charge on any atom is 0.263 e. The lowest BCUT2D eigenvalue weighted by Gasteiger charge is -2.27. The van der Waals surface area contributed by atoms with Crippen LogP contribution in [-0.2, 0) is 6.42 Å². The summed E-state index contributed by atoms with van der Waals surface area (Å²) in [6.45, 7) is 2.44. The van der Waals surface area contributed by atoms with Gasteiger partial charge in [0.2, 0.25) is 5.95 Å². The Morgan fingerprint density at radius 3 is 2.74 bits per heavy atom. The molecule has 23 heavy (non-hydrogen) atoms. The Balaban J connectivity index is 1.66. The van der Waals surface area contributed by atoms with Crippen LogP contribution in [0.15, 0.2) is 12.1 Å². The first-order chi connectivity index (χ1) is 11.2. The molecule has 0 aromatic carbocycles. The molecule has 0 atom stereocenters. The highest BCUT2D eigenvalue weighted by atomic mass is 32.1. The van der Waals surface area contributed by atoms with Gasteiger partial charge in [-0.05, 0) is 31.4 Å². The van der Waals surface area contributed by atoms with Gasteiger partial charge in [0.05, 0.1) is 11.3 Å². The van der Waals surface area contributed by atoms with Crippen molar-refractivity contribution in [2.24, 2.45) is 0 Å². The number of hydrogen-bond donors (Lipinski definition) is 1. The van der Waals surface area contributed by atoms with E-state index in [0.29, 0.717) is 34.2 Å². The van der Waals surface area contributed by atoms with Crippen LogP contribution in [0, 0.1) is 5.95 Å². The number of aromatic nitrogens is 2. The standard InChI is InChI=1S/C16H17FN4OS/c17-14-10(4-5-12(20-14)21-8-2-1-3-9-21)16-19-11-6-7-18-15(22)13(11)23-16/h4-5H,1-3,6-9H2,(H,18,22). The molecule has 1 N–H and O–H groups in total. The Kier molecular flexibility index (Phi) is 3.72. The highest BCUT2D eigenvalue weighted by molar-refractivity contribution is 7.17. The Hall–Kier alpha value is -2.02. The molecule has 2 aliphatic rings. The summed E-state index contributed by atoms with van der Waals surface area (Å²) in [5.41, 5.74) is 1.13. The van der Waals surface area contributed by atoms with E-state index in [2.05, 4.69) is 20.2 Å². The van der Waals surface area contributed by atoms with Crippen molar-refractivity contribution in [1.29, 1.82) is 0 Å². The second-order valence-corrected chi connectivity index (χ2v) is 6.86. The summed E-state index contributed by atoms with van der Waals surface area (Å²) in [4.78, 5) is 23.1. The molecule has 1 amide bonds. The topological polar surface area (TPSA) is 58.1 Å². The monoisotopic (exact) mass is 332 g/mol. The van der Waals surface area contributed by atoms with Crippen LogP contribution >= 0.6 is 11.3 Å². The van der Waals surface area contributed by atoms with Crippen LogP contribution in [0.1, 0.15) is 34.6 Å². The molecule has 0 aliphatic carbocycles. The van der Waals surface area contributed by atoms with Crippen molar-refractivity contribution in [3.8, 4) is 10.6 Å². The molecule has 0 spiro atoms. The molecular formula is C16H17FN4OS. The predicted molar refractivity (Wildman–Crippen MR) is 87.4 cm³/mol. The number of halogens is 1. The summed E-state index contributed by atoms with van der Waals surface area (Å²) in [6.07, 6.45) is 4.17. The number of piperidine rings is 1. The van der Waals surface area contributed by atoms with Gasteiger partial charge in [-0.1, -0.05) is 0 Å². The molecule has 0 unspecified atom stereocenters. The molecule has 5 nitrogen and oxygen atoms in total. The lowest BCUT2D eigenvalue weighted by Crippen LogP contribution is -2.30. The number of fused-ring (bicyclic) bond motifs is 1. The van der Waals surface area contributed by atoms with Crippen molar-refractivity contribution in [2.75, 3.05) is 24.5 Å². The van der Waals surface area contributed by atoms with E-state index < -0.39 is 5.95 Å². The van der Waals surface area contributed by atoms with E-state index in [9.17, 15) is 9.18 Å². The molecule has 0 saturated carbocycles. The third-order valence-electron chi connectivity index (χ3n) is 4.30. The first kappa shape index (κ1) is 14.6. The van der Waals surface area contributed by atoms with Gasteiger partial charge in [0.1, 0.15) is 15.7 Å². The minimum Gasteiger partial charge on any atom is -0.357 e. The highest BCUT2D eigenvalue weighted by Gasteiger charge is 2.24. The summed E-state index contributed by atoms with van der Waals surface area (Å²) in [5.74, 6) is 0.0536. The number of nitrogens with zero attached hydrogens (tertiary/aromatic N) is 3. The fourth-order valence-corrected chi connectivity index (χ4v) is 4.11. The summed E-state index contributed by atoms with van der Waals surface area (Å²) in [5, 5.41) is 3.32. The summed E-state index contributed by atoms with van der Waals surface area (Å²) >= 11 is 1.24. The van der Waals surface area contributed by atoms with Crippen molar-refractivity contribution in [3.63, 3.8) is 0 Å². The number of pyridine rings is 1. The summed E-state index contributed by atoms with van der Waals surface area (Å²) < 4.78 is 14.5. The van der Waals surface area contributed by atoms with Gasteiger partial charge in [-0.2, -0.15) is 4.39 Å². The molecule has 120 valence electrons. The number of carbonyl (C=O) groups is 1. The maximum atomic E-state index is 14.5. The molecule has 2 aromatic rings. The van der Waals surface area contributed by atoms with Gasteiger partial charge in [0.15, 0.2) is 0 Å². The van der Waals surface area contributed by atoms with E-state index >= 15 is 0 Å². The van der Waals surface area contributed by atoms with Crippen LogP contribution in [0.2, 0.25) is 0 Å². The third-order valence-corrected chi connectivity index (χ3v) is 5.43. The number of carbonyl (C=O) groups excluding carboxylic acids is 1. The van der Waals surface area contributed by atoms with E-state index in [-0.39, 0.29) is 5.91 Å². The minimum atomic E-state index is -0.514. The Morgan fingerprint density at radius 1 is 1.17 bits per heavy atom. The van der Waals surface area contributed by atoms with E-state index in [1.165, 1.54) is 17.8 Å². The number of hydrogen-bond acceptors (Lipinski definition) is 5. The van der Waals surface area contributed by atoms with Gasteiger partial charge in [-0.15, -0.1) is 11.3 Å². The number of amides is 1. The van der Waals surface area contributed by atoms with E-state index in [0.717, 1.165) is 31.6 Å². The SMILES string of the molecule is O=C1NCCc2nc(-c3ccc(N4CCCCC4)nc3F)sc21. The first-order valence-corrected chi connectivity index (χ1v) is 8.74. The molecule has 7 heteroatoms. The predicted octanol–water partition coefficient (Wildman–Crippen LogP) is 2.62. The number of thiazole rings is 1. The summed E-state index contributed by atoms with van der Waals surface area (Å²) in [6, 6.07) is 3.58. The number of nitrogens with one attached hydrogen (secondary N) is 1. The average Bonchev–Trinajstić information content (AvgIpc) is 3.01. The third kappa shape index (κ3) is 2.69. The fourth-order valence-electron chi connectivity index (χ4n) is 3.07. The van der Waals surface area contributed by atoms with Gasteiger partial charge in [-0.25, -0.2) is 9.97 Å². The largest absolute Gasteiger partial charge is 0.357 e. The zero-order chi connectivity index (χ0) is 15.8. The van der Waals surface area contributed by atoms with E-state index in [4.69, 9.17) is 0 Å². The normalized spacial score (nSPS) is 17.8. The number of rotatable bonds is 2. The van der Waals surface area contributed by atoms with Crippen molar-refractivity contribution < 1.29 is 9.18 Å². The Labute approximate surface area is 137 Å².